The lowest BCUT2D eigenvalue weighted by molar-refractivity contribution is 0.258. The normalized spacial score (nSPS) is 25.1. The van der Waals surface area contributed by atoms with Crippen molar-refractivity contribution in [3.8, 4) is 0 Å². The number of piperidine rings is 1. The zero-order chi connectivity index (χ0) is 10.6. The van der Waals surface area contributed by atoms with Crippen molar-refractivity contribution >= 4 is 10.0 Å². The molecule has 84 valence electrons. The summed E-state index contributed by atoms with van der Waals surface area (Å²) in [6.45, 7) is 2.60. The maximum Gasteiger partial charge on any atom is 0.215 e. The molecule has 0 radical (unpaired) electrons. The second kappa shape index (κ2) is 5.09. The fourth-order valence-electron chi connectivity index (χ4n) is 1.72. The molecule has 0 aromatic carbocycles. The van der Waals surface area contributed by atoms with Gasteiger partial charge in [-0.3, -0.25) is 0 Å². The molecule has 0 aromatic heterocycles. The Hall–Kier alpha value is -0.130. The largest absolute Gasteiger partial charge is 0.315 e. The first-order valence-electron chi connectivity index (χ1n) is 5.33. The summed E-state index contributed by atoms with van der Waals surface area (Å²) in [6, 6.07) is 0. The van der Waals surface area contributed by atoms with Crippen LogP contribution >= 0.6 is 0 Å². The van der Waals surface area contributed by atoms with Gasteiger partial charge in [-0.25, -0.2) is 8.42 Å². The highest BCUT2D eigenvalue weighted by Gasteiger charge is 2.28. The first-order chi connectivity index (χ1) is 6.58. The third-order valence-electron chi connectivity index (χ3n) is 2.61. The van der Waals surface area contributed by atoms with Gasteiger partial charge in [-0.1, -0.05) is 13.3 Å². The fourth-order valence-corrected chi connectivity index (χ4v) is 3.53. The number of sulfonamides is 1. The Morgan fingerprint density at radius 3 is 2.71 bits per heavy atom. The Balaban J connectivity index is 2.60. The molecule has 0 aliphatic carbocycles. The number of hydrogen-bond acceptors (Lipinski definition) is 3. The molecule has 0 aromatic rings. The first kappa shape index (κ1) is 11.9. The van der Waals surface area contributed by atoms with E-state index in [1.54, 1.807) is 0 Å². The summed E-state index contributed by atoms with van der Waals surface area (Å²) in [6.07, 6.45) is 4.13. The summed E-state index contributed by atoms with van der Waals surface area (Å²) >= 11 is 0. The van der Waals surface area contributed by atoms with Gasteiger partial charge < -0.3 is 5.73 Å². The highest BCUT2D eigenvalue weighted by molar-refractivity contribution is 7.89. The molecule has 0 bridgehead atoms. The molecule has 0 spiro atoms. The summed E-state index contributed by atoms with van der Waals surface area (Å²) in [5, 5.41) is 0. The van der Waals surface area contributed by atoms with Gasteiger partial charge in [0.1, 0.15) is 0 Å². The van der Waals surface area contributed by atoms with Crippen molar-refractivity contribution in [2.45, 2.75) is 45.2 Å². The molecule has 1 fully saturated rings. The van der Waals surface area contributed by atoms with E-state index in [-0.39, 0.29) is 11.9 Å². The van der Waals surface area contributed by atoms with Crippen LogP contribution in [-0.2, 0) is 10.0 Å². The summed E-state index contributed by atoms with van der Waals surface area (Å²) < 4.78 is 25.1. The lowest BCUT2D eigenvalue weighted by Gasteiger charge is -2.31. The predicted molar refractivity (Wildman–Crippen MR) is 57.2 cm³/mol. The van der Waals surface area contributed by atoms with E-state index in [4.69, 9.17) is 5.73 Å². The molecule has 1 saturated heterocycles. The zero-order valence-electron chi connectivity index (χ0n) is 8.78. The van der Waals surface area contributed by atoms with Crippen LogP contribution in [0.1, 0.15) is 39.0 Å². The first-order valence-corrected chi connectivity index (χ1v) is 6.94. The van der Waals surface area contributed by atoms with Gasteiger partial charge in [0.2, 0.25) is 10.0 Å². The smallest absolute Gasteiger partial charge is 0.215 e. The number of nitrogens with zero attached hydrogens (tertiary/aromatic N) is 1. The quantitative estimate of drug-likeness (QED) is 0.765. The Labute approximate surface area is 86.5 Å². The predicted octanol–water partition coefficient (Wildman–Crippen LogP) is 0.887. The second-order valence-corrected chi connectivity index (χ2v) is 5.88. The van der Waals surface area contributed by atoms with Crippen LogP contribution in [0.15, 0.2) is 0 Å². The maximum atomic E-state index is 11.8. The number of unbranched alkanes of at least 4 members (excludes halogenated alkanes) is 1. The van der Waals surface area contributed by atoms with Crippen molar-refractivity contribution < 1.29 is 8.42 Å². The molecule has 0 amide bonds. The minimum Gasteiger partial charge on any atom is -0.315 e. The van der Waals surface area contributed by atoms with Gasteiger partial charge in [0.05, 0.1) is 11.9 Å². The molecule has 1 heterocycles. The van der Waals surface area contributed by atoms with Crippen LogP contribution < -0.4 is 5.73 Å². The zero-order valence-corrected chi connectivity index (χ0v) is 9.59. The molecule has 1 aliphatic heterocycles. The second-order valence-electron chi connectivity index (χ2n) is 3.84. The molecule has 1 atom stereocenters. The topological polar surface area (TPSA) is 63.4 Å². The lowest BCUT2D eigenvalue weighted by atomic mass is 10.1. The molecule has 1 aliphatic rings. The van der Waals surface area contributed by atoms with Crippen LogP contribution in [0.3, 0.4) is 0 Å². The number of hydrogen-bond donors (Lipinski definition) is 1. The highest BCUT2D eigenvalue weighted by atomic mass is 32.2. The SMILES string of the molecule is CCCCS(=O)(=O)N1CCCCC1N. The van der Waals surface area contributed by atoms with Crippen LogP contribution in [0.5, 0.6) is 0 Å². The van der Waals surface area contributed by atoms with E-state index in [0.717, 1.165) is 32.1 Å². The van der Waals surface area contributed by atoms with E-state index in [1.165, 1.54) is 4.31 Å². The number of nitrogens with two attached hydrogens (primary N) is 1. The van der Waals surface area contributed by atoms with E-state index in [2.05, 4.69) is 0 Å². The Bertz CT molecular complexity index is 264. The Kier molecular flexibility index (Phi) is 4.34. The van der Waals surface area contributed by atoms with Gasteiger partial charge in [0.15, 0.2) is 0 Å². The van der Waals surface area contributed by atoms with Gasteiger partial charge in [-0.05, 0) is 25.7 Å². The summed E-state index contributed by atoms with van der Waals surface area (Å²) in [7, 11) is -3.09. The molecule has 0 saturated carbocycles. The molecule has 1 unspecified atom stereocenters. The van der Waals surface area contributed by atoms with Crippen LogP contribution in [-0.4, -0.2) is 31.2 Å². The van der Waals surface area contributed by atoms with Crippen LogP contribution in [0.2, 0.25) is 0 Å². The van der Waals surface area contributed by atoms with Crippen molar-refractivity contribution in [2.75, 3.05) is 12.3 Å². The van der Waals surface area contributed by atoms with Gasteiger partial charge >= 0.3 is 0 Å². The highest BCUT2D eigenvalue weighted by Crippen LogP contribution is 2.17. The van der Waals surface area contributed by atoms with Crippen molar-refractivity contribution in [3.05, 3.63) is 0 Å². The third-order valence-corrected chi connectivity index (χ3v) is 4.58. The van der Waals surface area contributed by atoms with Crippen molar-refractivity contribution in [2.24, 2.45) is 5.73 Å². The van der Waals surface area contributed by atoms with Gasteiger partial charge in [-0.2, -0.15) is 4.31 Å². The minimum absolute atomic E-state index is 0.247. The molecule has 5 heteroatoms. The monoisotopic (exact) mass is 220 g/mol. The van der Waals surface area contributed by atoms with E-state index < -0.39 is 10.0 Å². The van der Waals surface area contributed by atoms with Gasteiger partial charge in [-0.15, -0.1) is 0 Å². The molecular formula is C9H20N2O2S. The molecule has 14 heavy (non-hydrogen) atoms. The summed E-state index contributed by atoms with van der Waals surface area (Å²) in [5.74, 6) is 0.247. The summed E-state index contributed by atoms with van der Waals surface area (Å²) in [4.78, 5) is 0. The average molecular weight is 220 g/mol. The van der Waals surface area contributed by atoms with Crippen LogP contribution in [0, 0.1) is 0 Å². The molecule has 4 nitrogen and oxygen atoms in total. The fraction of sp³-hybridized carbons (Fsp3) is 1.00. The lowest BCUT2D eigenvalue weighted by Crippen LogP contribution is -2.49. The van der Waals surface area contributed by atoms with Gasteiger partial charge in [0, 0.05) is 6.54 Å². The van der Waals surface area contributed by atoms with E-state index in [9.17, 15) is 8.42 Å². The standard InChI is InChI=1S/C9H20N2O2S/c1-2-3-8-14(12,13)11-7-5-4-6-9(11)10/h9H,2-8,10H2,1H3. The molecule has 2 N–H and O–H groups in total. The molecule has 1 rings (SSSR count). The minimum atomic E-state index is -3.09. The van der Waals surface area contributed by atoms with Crippen LogP contribution in [0.4, 0.5) is 0 Å². The van der Waals surface area contributed by atoms with Gasteiger partial charge in [0.25, 0.3) is 0 Å². The third kappa shape index (κ3) is 2.93. The summed E-state index contributed by atoms with van der Waals surface area (Å²) in [5.41, 5.74) is 5.78. The van der Waals surface area contributed by atoms with Crippen molar-refractivity contribution in [1.82, 2.24) is 4.31 Å². The number of rotatable bonds is 4. The Morgan fingerprint density at radius 2 is 2.14 bits per heavy atom. The van der Waals surface area contributed by atoms with E-state index >= 15 is 0 Å². The van der Waals surface area contributed by atoms with Crippen LogP contribution in [0.25, 0.3) is 0 Å². The maximum absolute atomic E-state index is 11.8. The Morgan fingerprint density at radius 1 is 1.43 bits per heavy atom. The van der Waals surface area contributed by atoms with Crippen molar-refractivity contribution in [3.63, 3.8) is 0 Å². The van der Waals surface area contributed by atoms with E-state index in [0.29, 0.717) is 6.54 Å². The molecular weight excluding hydrogens is 200 g/mol. The van der Waals surface area contributed by atoms with E-state index in [1.807, 2.05) is 6.92 Å². The average Bonchev–Trinajstić information content (AvgIpc) is 2.15. The van der Waals surface area contributed by atoms with Crippen molar-refractivity contribution in [1.29, 1.82) is 0 Å².